The van der Waals surface area contributed by atoms with Crippen LogP contribution < -0.4 is 4.74 Å². The average molecular weight is 254 g/mol. The van der Waals surface area contributed by atoms with E-state index in [9.17, 15) is 0 Å². The third-order valence-corrected chi connectivity index (χ3v) is 3.63. The molecule has 0 radical (unpaired) electrons. The highest BCUT2D eigenvalue weighted by atomic mass is 35.5. The minimum absolute atomic E-state index is 0.300. The van der Waals surface area contributed by atoms with E-state index in [1.54, 1.807) is 0 Å². The molecular weight excluding hydrogens is 238 g/mol. The second-order valence-electron chi connectivity index (χ2n) is 4.67. The van der Waals surface area contributed by atoms with Crippen LogP contribution in [0.25, 0.3) is 0 Å². The Kier molecular flexibility index (Phi) is 3.23. The fourth-order valence-electron chi connectivity index (χ4n) is 2.39. The van der Waals surface area contributed by atoms with Gasteiger partial charge in [-0.3, -0.25) is 4.90 Å². The Bertz CT molecular complexity index is 387. The van der Waals surface area contributed by atoms with E-state index in [0.717, 1.165) is 43.5 Å². The van der Waals surface area contributed by atoms with Crippen molar-refractivity contribution in [2.24, 2.45) is 0 Å². The van der Waals surface area contributed by atoms with Crippen LogP contribution in [0.2, 0.25) is 5.02 Å². The molecule has 17 heavy (non-hydrogen) atoms. The summed E-state index contributed by atoms with van der Waals surface area (Å²) in [6.45, 7) is 3.78. The predicted molar refractivity (Wildman–Crippen MR) is 66.7 cm³/mol. The molecule has 0 N–H and O–H groups in total. The van der Waals surface area contributed by atoms with Crippen molar-refractivity contribution in [2.75, 3.05) is 26.3 Å². The van der Waals surface area contributed by atoms with Crippen molar-refractivity contribution in [1.82, 2.24) is 4.90 Å². The van der Waals surface area contributed by atoms with E-state index in [-0.39, 0.29) is 0 Å². The van der Waals surface area contributed by atoms with E-state index in [1.165, 1.54) is 0 Å². The zero-order chi connectivity index (χ0) is 11.7. The molecule has 2 saturated heterocycles. The Morgan fingerprint density at radius 3 is 2.94 bits per heavy atom. The summed E-state index contributed by atoms with van der Waals surface area (Å²) in [5.74, 6) is 0.866. The molecule has 1 aromatic carbocycles. The SMILES string of the molecule is Clc1cccc(OC2CN(C3CCOC3)C2)c1. The highest BCUT2D eigenvalue weighted by Gasteiger charge is 2.35. The molecule has 0 saturated carbocycles. The van der Waals surface area contributed by atoms with Gasteiger partial charge in [0.1, 0.15) is 11.9 Å². The topological polar surface area (TPSA) is 21.7 Å². The van der Waals surface area contributed by atoms with Gasteiger partial charge in [-0.1, -0.05) is 17.7 Å². The number of hydrogen-bond donors (Lipinski definition) is 0. The number of rotatable bonds is 3. The van der Waals surface area contributed by atoms with Crippen LogP contribution in [0.4, 0.5) is 0 Å². The summed E-state index contributed by atoms with van der Waals surface area (Å²) in [5, 5.41) is 0.725. The highest BCUT2D eigenvalue weighted by molar-refractivity contribution is 6.30. The summed E-state index contributed by atoms with van der Waals surface area (Å²) in [5.41, 5.74) is 0. The third-order valence-electron chi connectivity index (χ3n) is 3.40. The van der Waals surface area contributed by atoms with E-state index in [1.807, 2.05) is 24.3 Å². The second-order valence-corrected chi connectivity index (χ2v) is 5.10. The quantitative estimate of drug-likeness (QED) is 0.824. The van der Waals surface area contributed by atoms with Gasteiger partial charge in [-0.2, -0.15) is 0 Å². The zero-order valence-electron chi connectivity index (χ0n) is 9.64. The van der Waals surface area contributed by atoms with Crippen LogP contribution >= 0.6 is 11.6 Å². The first kappa shape index (κ1) is 11.3. The van der Waals surface area contributed by atoms with E-state index in [0.29, 0.717) is 12.1 Å². The van der Waals surface area contributed by atoms with Crippen molar-refractivity contribution in [2.45, 2.75) is 18.6 Å². The van der Waals surface area contributed by atoms with E-state index < -0.39 is 0 Å². The van der Waals surface area contributed by atoms with Crippen molar-refractivity contribution in [3.8, 4) is 5.75 Å². The Balaban J connectivity index is 1.49. The molecule has 92 valence electrons. The first-order valence-corrected chi connectivity index (χ1v) is 6.43. The van der Waals surface area contributed by atoms with Gasteiger partial charge in [0.25, 0.3) is 0 Å². The molecule has 0 aromatic heterocycles. The lowest BCUT2D eigenvalue weighted by atomic mass is 10.1. The van der Waals surface area contributed by atoms with Crippen molar-refractivity contribution >= 4 is 11.6 Å². The van der Waals surface area contributed by atoms with Crippen LogP contribution in [0, 0.1) is 0 Å². The summed E-state index contributed by atoms with van der Waals surface area (Å²) in [6, 6.07) is 8.20. The Labute approximate surface area is 106 Å². The number of ether oxygens (including phenoxy) is 2. The van der Waals surface area contributed by atoms with Crippen molar-refractivity contribution < 1.29 is 9.47 Å². The van der Waals surface area contributed by atoms with Crippen LogP contribution in [-0.2, 0) is 4.74 Å². The number of nitrogens with zero attached hydrogens (tertiary/aromatic N) is 1. The van der Waals surface area contributed by atoms with Gasteiger partial charge in [0.2, 0.25) is 0 Å². The van der Waals surface area contributed by atoms with Crippen molar-refractivity contribution in [1.29, 1.82) is 0 Å². The number of likely N-dealkylation sites (tertiary alicyclic amines) is 1. The molecule has 1 unspecified atom stereocenters. The molecule has 2 aliphatic rings. The zero-order valence-corrected chi connectivity index (χ0v) is 10.4. The molecule has 2 aliphatic heterocycles. The van der Waals surface area contributed by atoms with Crippen LogP contribution in [0.15, 0.2) is 24.3 Å². The molecule has 0 amide bonds. The number of halogens is 1. The average Bonchev–Trinajstić information content (AvgIpc) is 2.76. The van der Waals surface area contributed by atoms with E-state index in [2.05, 4.69) is 4.90 Å². The standard InChI is InChI=1S/C13H16ClNO2/c14-10-2-1-3-12(6-10)17-13-7-15(8-13)11-4-5-16-9-11/h1-3,6,11,13H,4-5,7-9H2. The minimum Gasteiger partial charge on any atom is -0.488 e. The van der Waals surface area contributed by atoms with Crippen molar-refractivity contribution in [3.05, 3.63) is 29.3 Å². The van der Waals surface area contributed by atoms with Crippen LogP contribution in [0.1, 0.15) is 6.42 Å². The normalized spacial score (nSPS) is 25.8. The molecule has 0 bridgehead atoms. The predicted octanol–water partition coefficient (Wildman–Crippen LogP) is 2.19. The fourth-order valence-corrected chi connectivity index (χ4v) is 2.57. The van der Waals surface area contributed by atoms with Gasteiger partial charge < -0.3 is 9.47 Å². The maximum atomic E-state index is 5.91. The monoisotopic (exact) mass is 253 g/mol. The summed E-state index contributed by atoms with van der Waals surface area (Å²) < 4.78 is 11.2. The third kappa shape index (κ3) is 2.57. The molecule has 2 fully saturated rings. The van der Waals surface area contributed by atoms with Gasteiger partial charge in [-0.15, -0.1) is 0 Å². The lowest BCUT2D eigenvalue weighted by molar-refractivity contribution is -0.0113. The largest absolute Gasteiger partial charge is 0.488 e. The fraction of sp³-hybridized carbons (Fsp3) is 0.538. The molecular formula is C13H16ClNO2. The number of hydrogen-bond acceptors (Lipinski definition) is 3. The first-order valence-electron chi connectivity index (χ1n) is 6.05. The minimum atomic E-state index is 0.300. The highest BCUT2D eigenvalue weighted by Crippen LogP contribution is 2.24. The van der Waals surface area contributed by atoms with Gasteiger partial charge >= 0.3 is 0 Å². The number of benzene rings is 1. The van der Waals surface area contributed by atoms with Crippen LogP contribution in [0.5, 0.6) is 5.75 Å². The van der Waals surface area contributed by atoms with E-state index >= 15 is 0 Å². The molecule has 1 aromatic rings. The molecule has 3 nitrogen and oxygen atoms in total. The molecule has 1 atom stereocenters. The van der Waals surface area contributed by atoms with Gasteiger partial charge in [-0.25, -0.2) is 0 Å². The maximum absolute atomic E-state index is 5.91. The lowest BCUT2D eigenvalue weighted by Crippen LogP contribution is -2.57. The summed E-state index contributed by atoms with van der Waals surface area (Å²) in [6.07, 6.45) is 1.46. The first-order chi connectivity index (χ1) is 8.31. The van der Waals surface area contributed by atoms with Crippen molar-refractivity contribution in [3.63, 3.8) is 0 Å². The molecule has 0 aliphatic carbocycles. The van der Waals surface area contributed by atoms with Gasteiger partial charge in [0, 0.05) is 30.8 Å². The molecule has 0 spiro atoms. The Hall–Kier alpha value is -0.770. The molecule has 3 rings (SSSR count). The summed E-state index contributed by atoms with van der Waals surface area (Å²) in [4.78, 5) is 2.43. The summed E-state index contributed by atoms with van der Waals surface area (Å²) in [7, 11) is 0. The van der Waals surface area contributed by atoms with Gasteiger partial charge in [0.15, 0.2) is 0 Å². The molecule has 2 heterocycles. The second kappa shape index (κ2) is 4.84. The Morgan fingerprint density at radius 1 is 1.35 bits per heavy atom. The van der Waals surface area contributed by atoms with Gasteiger partial charge in [0.05, 0.1) is 6.61 Å². The maximum Gasteiger partial charge on any atom is 0.124 e. The summed E-state index contributed by atoms with van der Waals surface area (Å²) >= 11 is 5.91. The van der Waals surface area contributed by atoms with Crippen LogP contribution in [-0.4, -0.2) is 43.3 Å². The van der Waals surface area contributed by atoms with E-state index in [4.69, 9.17) is 21.1 Å². The van der Waals surface area contributed by atoms with Crippen LogP contribution in [0.3, 0.4) is 0 Å². The smallest absolute Gasteiger partial charge is 0.124 e. The Morgan fingerprint density at radius 2 is 2.24 bits per heavy atom. The van der Waals surface area contributed by atoms with Gasteiger partial charge in [-0.05, 0) is 24.6 Å². The molecule has 4 heteroatoms. The lowest BCUT2D eigenvalue weighted by Gasteiger charge is -2.42.